The number of rotatable bonds is 3. The number of hydrogen-bond donors (Lipinski definition) is 1. The van der Waals surface area contributed by atoms with Crippen molar-refractivity contribution in [1.29, 1.82) is 0 Å². The van der Waals surface area contributed by atoms with Crippen molar-refractivity contribution in [3.63, 3.8) is 0 Å². The molecule has 3 aromatic heterocycles. The SMILES string of the molecule is CNC(c1cc2cc(F)ccc2o1)c1cc2sccc2s1. The van der Waals surface area contributed by atoms with E-state index in [9.17, 15) is 4.39 Å². The summed E-state index contributed by atoms with van der Waals surface area (Å²) in [7, 11) is 1.91. The second kappa shape index (κ2) is 4.94. The summed E-state index contributed by atoms with van der Waals surface area (Å²) < 4.78 is 21.8. The Kier molecular flexibility index (Phi) is 3.06. The summed E-state index contributed by atoms with van der Waals surface area (Å²) in [6.45, 7) is 0. The number of fused-ring (bicyclic) bond motifs is 2. The van der Waals surface area contributed by atoms with Crippen molar-refractivity contribution in [2.24, 2.45) is 0 Å². The fourth-order valence-corrected chi connectivity index (χ4v) is 4.77. The molecule has 0 aliphatic heterocycles. The maximum atomic E-state index is 13.3. The number of furan rings is 1. The zero-order valence-electron chi connectivity index (χ0n) is 11.2. The highest BCUT2D eigenvalue weighted by molar-refractivity contribution is 7.27. The Bertz CT molecular complexity index is 892. The molecule has 0 saturated heterocycles. The monoisotopic (exact) mass is 317 g/mol. The molecule has 5 heteroatoms. The second-order valence-electron chi connectivity index (χ2n) is 4.85. The van der Waals surface area contributed by atoms with E-state index in [-0.39, 0.29) is 11.9 Å². The van der Waals surface area contributed by atoms with E-state index in [0.29, 0.717) is 5.58 Å². The van der Waals surface area contributed by atoms with E-state index in [1.165, 1.54) is 26.4 Å². The number of hydrogen-bond acceptors (Lipinski definition) is 4. The van der Waals surface area contributed by atoms with Crippen LogP contribution in [0.3, 0.4) is 0 Å². The summed E-state index contributed by atoms with van der Waals surface area (Å²) in [4.78, 5) is 1.21. The van der Waals surface area contributed by atoms with E-state index in [2.05, 4.69) is 22.8 Å². The van der Waals surface area contributed by atoms with Crippen molar-refractivity contribution < 1.29 is 8.81 Å². The summed E-state index contributed by atoms with van der Waals surface area (Å²) in [6, 6.07) is 10.8. The van der Waals surface area contributed by atoms with Crippen LogP contribution in [0.1, 0.15) is 16.7 Å². The lowest BCUT2D eigenvalue weighted by Gasteiger charge is -2.10. The Morgan fingerprint density at radius 3 is 2.86 bits per heavy atom. The molecule has 0 radical (unpaired) electrons. The molecule has 1 unspecified atom stereocenters. The number of nitrogens with one attached hydrogen (secondary N) is 1. The van der Waals surface area contributed by atoms with Gasteiger partial charge in [-0.1, -0.05) is 0 Å². The molecule has 1 aromatic carbocycles. The Balaban J connectivity index is 1.81. The maximum absolute atomic E-state index is 13.3. The minimum Gasteiger partial charge on any atom is -0.459 e. The largest absolute Gasteiger partial charge is 0.459 e. The molecule has 4 rings (SSSR count). The first kappa shape index (κ1) is 13.0. The van der Waals surface area contributed by atoms with Gasteiger partial charge < -0.3 is 9.73 Å². The minimum absolute atomic E-state index is 0.00920. The van der Waals surface area contributed by atoms with E-state index >= 15 is 0 Å². The molecule has 0 aliphatic carbocycles. The van der Waals surface area contributed by atoms with Gasteiger partial charge in [-0.3, -0.25) is 0 Å². The molecule has 0 bridgehead atoms. The van der Waals surface area contributed by atoms with Gasteiger partial charge >= 0.3 is 0 Å². The molecule has 1 N–H and O–H groups in total. The lowest BCUT2D eigenvalue weighted by Crippen LogP contribution is -2.15. The first-order chi connectivity index (χ1) is 10.2. The third-order valence-electron chi connectivity index (χ3n) is 3.51. The van der Waals surface area contributed by atoms with Crippen molar-refractivity contribution in [3.8, 4) is 0 Å². The lowest BCUT2D eigenvalue weighted by atomic mass is 10.1. The molecule has 0 aliphatic rings. The fraction of sp³-hybridized carbons (Fsp3) is 0.125. The van der Waals surface area contributed by atoms with Gasteiger partial charge in [-0.25, -0.2) is 4.39 Å². The quantitative estimate of drug-likeness (QED) is 0.565. The summed E-state index contributed by atoms with van der Waals surface area (Å²) in [6.07, 6.45) is 0. The smallest absolute Gasteiger partial charge is 0.134 e. The summed E-state index contributed by atoms with van der Waals surface area (Å²) in [5.74, 6) is 0.569. The van der Waals surface area contributed by atoms with Crippen LogP contribution in [0.25, 0.3) is 20.4 Å². The Labute approximate surface area is 128 Å². The standard InChI is InChI=1S/C16H12FNOS2/c1-18-16(15-8-14-13(21-15)4-5-20-14)12-7-9-6-10(17)2-3-11(9)19-12/h2-8,16,18H,1H3. The third-order valence-corrected chi connectivity index (χ3v) is 5.67. The summed E-state index contributed by atoms with van der Waals surface area (Å²) >= 11 is 3.50. The van der Waals surface area contributed by atoms with Crippen LogP contribution < -0.4 is 5.32 Å². The Morgan fingerprint density at radius 1 is 1.14 bits per heavy atom. The van der Waals surface area contributed by atoms with Crippen LogP contribution in [0.4, 0.5) is 4.39 Å². The molecular weight excluding hydrogens is 305 g/mol. The first-order valence-electron chi connectivity index (χ1n) is 6.58. The molecule has 0 spiro atoms. The van der Waals surface area contributed by atoms with Crippen molar-refractivity contribution in [1.82, 2.24) is 5.32 Å². The first-order valence-corrected chi connectivity index (χ1v) is 8.27. The molecule has 0 fully saturated rings. The van der Waals surface area contributed by atoms with Gasteiger partial charge in [0, 0.05) is 19.7 Å². The lowest BCUT2D eigenvalue weighted by molar-refractivity contribution is 0.495. The van der Waals surface area contributed by atoms with Crippen LogP contribution in [-0.4, -0.2) is 7.05 Å². The normalized spacial score (nSPS) is 13.2. The van der Waals surface area contributed by atoms with Crippen LogP contribution in [0, 0.1) is 5.82 Å². The summed E-state index contributed by atoms with van der Waals surface area (Å²) in [5, 5.41) is 6.18. The molecule has 0 amide bonds. The highest BCUT2D eigenvalue weighted by Gasteiger charge is 2.19. The van der Waals surface area contributed by atoms with E-state index in [1.807, 2.05) is 13.1 Å². The molecule has 21 heavy (non-hydrogen) atoms. The van der Waals surface area contributed by atoms with Crippen molar-refractivity contribution in [2.45, 2.75) is 6.04 Å². The van der Waals surface area contributed by atoms with E-state index in [0.717, 1.165) is 11.1 Å². The minimum atomic E-state index is -0.243. The summed E-state index contributed by atoms with van der Waals surface area (Å²) in [5.41, 5.74) is 0.713. The molecule has 2 nitrogen and oxygen atoms in total. The topological polar surface area (TPSA) is 25.2 Å². The average molecular weight is 317 g/mol. The molecule has 1 atom stereocenters. The van der Waals surface area contributed by atoms with E-state index in [1.54, 1.807) is 28.7 Å². The predicted octanol–water partition coefficient (Wildman–Crippen LogP) is 5.16. The number of halogens is 1. The van der Waals surface area contributed by atoms with Crippen LogP contribution in [0.5, 0.6) is 0 Å². The average Bonchev–Trinajstić information content (AvgIpc) is 3.12. The third kappa shape index (κ3) is 2.18. The van der Waals surface area contributed by atoms with Gasteiger partial charge in [-0.2, -0.15) is 0 Å². The highest BCUT2D eigenvalue weighted by Crippen LogP contribution is 2.37. The molecule has 3 heterocycles. The molecule has 0 saturated carbocycles. The van der Waals surface area contributed by atoms with Crippen molar-refractivity contribution in [2.75, 3.05) is 7.05 Å². The highest BCUT2D eigenvalue weighted by atomic mass is 32.1. The van der Waals surface area contributed by atoms with Gasteiger partial charge in [0.25, 0.3) is 0 Å². The predicted molar refractivity (Wildman–Crippen MR) is 86.8 cm³/mol. The van der Waals surface area contributed by atoms with Crippen molar-refractivity contribution >= 4 is 43.0 Å². The second-order valence-corrected chi connectivity index (χ2v) is 6.91. The fourth-order valence-electron chi connectivity index (χ4n) is 2.53. The van der Waals surface area contributed by atoms with Crippen LogP contribution in [-0.2, 0) is 0 Å². The maximum Gasteiger partial charge on any atom is 0.134 e. The Morgan fingerprint density at radius 2 is 2.05 bits per heavy atom. The van der Waals surface area contributed by atoms with Crippen LogP contribution in [0.15, 0.2) is 46.2 Å². The van der Waals surface area contributed by atoms with Crippen molar-refractivity contribution in [3.05, 3.63) is 58.2 Å². The van der Waals surface area contributed by atoms with E-state index in [4.69, 9.17) is 4.42 Å². The van der Waals surface area contributed by atoms with Gasteiger partial charge in [-0.15, -0.1) is 22.7 Å². The Hall–Kier alpha value is -1.69. The zero-order valence-corrected chi connectivity index (χ0v) is 12.9. The zero-order chi connectivity index (χ0) is 14.4. The molecular formula is C16H12FNOS2. The van der Waals surface area contributed by atoms with Gasteiger partial charge in [0.15, 0.2) is 0 Å². The van der Waals surface area contributed by atoms with Crippen LogP contribution >= 0.6 is 22.7 Å². The van der Waals surface area contributed by atoms with Crippen LogP contribution in [0.2, 0.25) is 0 Å². The van der Waals surface area contributed by atoms with Gasteiger partial charge in [0.2, 0.25) is 0 Å². The van der Waals surface area contributed by atoms with E-state index < -0.39 is 0 Å². The van der Waals surface area contributed by atoms with Gasteiger partial charge in [0.05, 0.1) is 0 Å². The molecule has 4 aromatic rings. The number of benzene rings is 1. The van der Waals surface area contributed by atoms with Gasteiger partial charge in [-0.05, 0) is 48.8 Å². The number of thiophene rings is 2. The molecule has 106 valence electrons. The van der Waals surface area contributed by atoms with Gasteiger partial charge in [0.1, 0.15) is 23.2 Å².